The van der Waals surface area contributed by atoms with Crippen molar-refractivity contribution in [2.24, 2.45) is 5.73 Å². The first kappa shape index (κ1) is 32.9. The highest BCUT2D eigenvalue weighted by molar-refractivity contribution is 5.64. The predicted octanol–water partition coefficient (Wildman–Crippen LogP) is 6.52. The Morgan fingerprint density at radius 2 is 1.35 bits per heavy atom. The molecular weight excluding hydrogens is 394 g/mol. The van der Waals surface area contributed by atoms with Crippen LogP contribution in [0.3, 0.4) is 0 Å². The van der Waals surface area contributed by atoms with Gasteiger partial charge in [-0.25, -0.2) is 4.79 Å². The summed E-state index contributed by atoms with van der Waals surface area (Å²) in [5, 5.41) is 18.2. The Morgan fingerprint density at radius 1 is 0.935 bits per heavy atom. The summed E-state index contributed by atoms with van der Waals surface area (Å²) in [6.07, 6.45) is 0.902. The number of phenols is 1. The normalized spacial score (nSPS) is 8.45. The molecule has 1 amide bonds. The van der Waals surface area contributed by atoms with Gasteiger partial charge in [0, 0.05) is 6.61 Å². The molecule has 0 heterocycles. The second-order valence-electron chi connectivity index (χ2n) is 5.51. The van der Waals surface area contributed by atoms with Gasteiger partial charge < -0.3 is 25.4 Å². The SMILES string of the molecule is CC.CC.CC.COC(N)=O.Cc1cc(CCCO)cc(C)c1Oc1ccc(O)cc1. The third-order valence-corrected chi connectivity index (χ3v) is 3.40. The fourth-order valence-corrected chi connectivity index (χ4v) is 2.26. The second-order valence-corrected chi connectivity index (χ2v) is 5.51. The van der Waals surface area contributed by atoms with Crippen LogP contribution >= 0.6 is 0 Å². The zero-order valence-corrected chi connectivity index (χ0v) is 20.8. The van der Waals surface area contributed by atoms with Crippen LogP contribution in [0.15, 0.2) is 36.4 Å². The lowest BCUT2D eigenvalue weighted by Gasteiger charge is -2.14. The molecule has 0 atom stereocenters. The second kappa shape index (κ2) is 22.0. The number of aliphatic hydroxyl groups is 1. The molecule has 0 saturated carbocycles. The van der Waals surface area contributed by atoms with Crippen LogP contribution in [0.25, 0.3) is 0 Å². The van der Waals surface area contributed by atoms with Crippen molar-refractivity contribution in [2.75, 3.05) is 13.7 Å². The molecule has 2 aromatic carbocycles. The van der Waals surface area contributed by atoms with Crippen molar-refractivity contribution in [3.05, 3.63) is 53.1 Å². The molecule has 2 aromatic rings. The van der Waals surface area contributed by atoms with Gasteiger partial charge in [0.05, 0.1) is 7.11 Å². The van der Waals surface area contributed by atoms with E-state index < -0.39 is 6.09 Å². The molecule has 0 radical (unpaired) electrons. The van der Waals surface area contributed by atoms with Crippen LogP contribution < -0.4 is 10.5 Å². The van der Waals surface area contributed by atoms with E-state index >= 15 is 0 Å². The number of hydrogen-bond acceptors (Lipinski definition) is 5. The summed E-state index contributed by atoms with van der Waals surface area (Å²) in [6, 6.07) is 10.9. The maximum Gasteiger partial charge on any atom is 0.404 e. The van der Waals surface area contributed by atoms with E-state index in [-0.39, 0.29) is 12.4 Å². The van der Waals surface area contributed by atoms with Crippen molar-refractivity contribution in [2.45, 2.75) is 68.2 Å². The molecule has 0 aliphatic rings. The number of methoxy groups -OCH3 is 1. The molecular formula is C25H43NO5. The Kier molecular flexibility index (Phi) is 23.3. The molecule has 0 aromatic heterocycles. The lowest BCUT2D eigenvalue weighted by Crippen LogP contribution is -2.08. The van der Waals surface area contributed by atoms with Crippen LogP contribution in [0.4, 0.5) is 4.79 Å². The van der Waals surface area contributed by atoms with E-state index in [1.807, 2.05) is 55.4 Å². The van der Waals surface area contributed by atoms with Crippen molar-refractivity contribution in [3.63, 3.8) is 0 Å². The first-order valence-electron chi connectivity index (χ1n) is 10.9. The summed E-state index contributed by atoms with van der Waals surface area (Å²) in [4.78, 5) is 9.37. The minimum Gasteiger partial charge on any atom is -0.508 e. The molecule has 0 aliphatic carbocycles. The highest BCUT2D eigenvalue weighted by Crippen LogP contribution is 2.30. The van der Waals surface area contributed by atoms with Crippen molar-refractivity contribution in [3.8, 4) is 17.2 Å². The van der Waals surface area contributed by atoms with Crippen LogP contribution in [0.5, 0.6) is 17.2 Å². The van der Waals surface area contributed by atoms with Crippen LogP contribution in [0.2, 0.25) is 0 Å². The van der Waals surface area contributed by atoms with E-state index in [0.29, 0.717) is 5.75 Å². The zero-order chi connectivity index (χ0) is 24.8. The molecule has 0 spiro atoms. The van der Waals surface area contributed by atoms with E-state index in [9.17, 15) is 9.90 Å². The molecule has 4 N–H and O–H groups in total. The molecule has 178 valence electrons. The summed E-state index contributed by atoms with van der Waals surface area (Å²) in [7, 11) is 1.22. The maximum absolute atomic E-state index is 9.37. The monoisotopic (exact) mass is 437 g/mol. The van der Waals surface area contributed by atoms with Gasteiger partial charge in [-0.2, -0.15) is 0 Å². The number of nitrogens with two attached hydrogens (primary N) is 1. The van der Waals surface area contributed by atoms with E-state index in [0.717, 1.165) is 29.7 Å². The smallest absolute Gasteiger partial charge is 0.404 e. The Bertz CT molecular complexity index is 662. The van der Waals surface area contributed by atoms with Gasteiger partial charge >= 0.3 is 6.09 Å². The van der Waals surface area contributed by atoms with Gasteiger partial charge in [0.2, 0.25) is 0 Å². The summed E-state index contributed by atoms with van der Waals surface area (Å²) in [6.45, 7) is 16.3. The van der Waals surface area contributed by atoms with Crippen molar-refractivity contribution >= 4 is 6.09 Å². The Morgan fingerprint density at radius 3 is 1.71 bits per heavy atom. The third kappa shape index (κ3) is 15.7. The number of primary amides is 1. The highest BCUT2D eigenvalue weighted by Gasteiger charge is 2.08. The van der Waals surface area contributed by atoms with Crippen molar-refractivity contribution in [1.82, 2.24) is 0 Å². The molecule has 6 nitrogen and oxygen atoms in total. The fourth-order valence-electron chi connectivity index (χ4n) is 2.26. The van der Waals surface area contributed by atoms with Gasteiger partial charge in [0.15, 0.2) is 0 Å². The summed E-state index contributed by atoms with van der Waals surface area (Å²) >= 11 is 0. The summed E-state index contributed by atoms with van der Waals surface area (Å²) in [5.74, 6) is 1.78. The minimum atomic E-state index is -0.745. The third-order valence-electron chi connectivity index (χ3n) is 3.40. The summed E-state index contributed by atoms with van der Waals surface area (Å²) in [5.41, 5.74) is 7.80. The van der Waals surface area contributed by atoms with Gasteiger partial charge in [-0.15, -0.1) is 0 Å². The molecule has 6 heteroatoms. The van der Waals surface area contributed by atoms with E-state index in [1.165, 1.54) is 12.7 Å². The van der Waals surface area contributed by atoms with Crippen molar-refractivity contribution < 1.29 is 24.5 Å². The number of phenolic OH excluding ortho intramolecular Hbond substituents is 1. The molecule has 0 unspecified atom stereocenters. The average Bonchev–Trinajstić information content (AvgIpc) is 2.80. The maximum atomic E-state index is 9.37. The Hall–Kier alpha value is -2.73. The standard InChI is InChI=1S/C17H20O3.C2H5NO2.3C2H6/c1-12-10-14(4-3-9-18)11-13(2)17(12)20-16-7-5-15(19)6-8-16;1-5-2(3)4;3*1-2/h5-8,10-11,18-19H,3-4,9H2,1-2H3;1H3,(H2,3,4);3*1-2H3. The number of aryl methyl sites for hydroxylation is 3. The number of aromatic hydroxyl groups is 1. The first-order valence-corrected chi connectivity index (χ1v) is 10.9. The van der Waals surface area contributed by atoms with Crippen LogP contribution in [0.1, 0.15) is 64.7 Å². The number of aliphatic hydroxyl groups excluding tert-OH is 1. The van der Waals surface area contributed by atoms with Crippen LogP contribution in [-0.2, 0) is 11.2 Å². The van der Waals surface area contributed by atoms with Gasteiger partial charge in [-0.1, -0.05) is 53.7 Å². The van der Waals surface area contributed by atoms with Crippen LogP contribution in [-0.4, -0.2) is 30.0 Å². The molecule has 0 fully saturated rings. The number of ether oxygens (including phenoxy) is 2. The van der Waals surface area contributed by atoms with E-state index in [4.69, 9.17) is 9.84 Å². The quantitative estimate of drug-likeness (QED) is 0.494. The predicted molar refractivity (Wildman–Crippen MR) is 130 cm³/mol. The summed E-state index contributed by atoms with van der Waals surface area (Å²) < 4.78 is 9.78. The molecule has 31 heavy (non-hydrogen) atoms. The number of benzene rings is 2. The number of hydrogen-bond donors (Lipinski definition) is 3. The number of rotatable bonds is 5. The van der Waals surface area contributed by atoms with Crippen LogP contribution in [0, 0.1) is 13.8 Å². The molecule has 0 aliphatic heterocycles. The zero-order valence-electron chi connectivity index (χ0n) is 20.8. The van der Waals surface area contributed by atoms with Gasteiger partial charge in [0.25, 0.3) is 0 Å². The first-order chi connectivity index (χ1) is 14.9. The lowest BCUT2D eigenvalue weighted by molar-refractivity contribution is 0.182. The van der Waals surface area contributed by atoms with E-state index in [2.05, 4.69) is 22.6 Å². The topological polar surface area (TPSA) is 102 Å². The highest BCUT2D eigenvalue weighted by atomic mass is 16.5. The number of carbonyl (C=O) groups is 1. The van der Waals surface area contributed by atoms with Gasteiger partial charge in [-0.05, 0) is 67.6 Å². The Balaban J connectivity index is -0.000000607. The average molecular weight is 438 g/mol. The molecule has 0 bridgehead atoms. The Labute approximate surface area is 189 Å². The largest absolute Gasteiger partial charge is 0.508 e. The van der Waals surface area contributed by atoms with Gasteiger partial charge in [0.1, 0.15) is 17.2 Å². The molecule has 0 saturated heterocycles. The number of carbonyl (C=O) groups excluding carboxylic acids is 1. The lowest BCUT2D eigenvalue weighted by atomic mass is 10.0. The van der Waals surface area contributed by atoms with E-state index in [1.54, 1.807) is 24.3 Å². The van der Waals surface area contributed by atoms with Gasteiger partial charge in [-0.3, -0.25) is 0 Å². The number of amides is 1. The fraction of sp³-hybridized carbons (Fsp3) is 0.480. The van der Waals surface area contributed by atoms with Crippen molar-refractivity contribution in [1.29, 1.82) is 0 Å². The minimum absolute atomic E-state index is 0.212. The molecule has 2 rings (SSSR count).